The lowest BCUT2D eigenvalue weighted by Crippen LogP contribution is -2.47. The summed E-state index contributed by atoms with van der Waals surface area (Å²) < 4.78 is 39.4. The predicted octanol–water partition coefficient (Wildman–Crippen LogP) is 3.62. The minimum Gasteiger partial charge on any atom is -0.354 e. The van der Waals surface area contributed by atoms with E-state index in [0.29, 0.717) is 17.8 Å². The van der Waals surface area contributed by atoms with Crippen molar-refractivity contribution in [1.82, 2.24) is 10.2 Å². The molecule has 0 heterocycles. The summed E-state index contributed by atoms with van der Waals surface area (Å²) in [4.78, 5) is 27.2. The molecule has 2 rings (SSSR count). The standard InChI is InChI=1S/C25H34FN3O4S/c1-5-16-27-25(31)20(3)28(18-21-12-14-22(26)15-13-21)24(30)11-8-17-29(34(4,32)33)23-10-7-6-9-19(23)2/h6-7,9-10,12-15,20H,5,8,11,16-18H2,1-4H3,(H,27,31)/t20-/m1/s1. The Hall–Kier alpha value is -2.94. The minimum atomic E-state index is -3.54. The summed E-state index contributed by atoms with van der Waals surface area (Å²) in [7, 11) is -3.54. The number of carbonyl (C=O) groups is 2. The van der Waals surface area contributed by atoms with Gasteiger partial charge < -0.3 is 10.2 Å². The van der Waals surface area contributed by atoms with Crippen LogP contribution in [0.2, 0.25) is 0 Å². The number of nitrogens with one attached hydrogen (secondary N) is 1. The van der Waals surface area contributed by atoms with Gasteiger partial charge in [0.25, 0.3) is 0 Å². The number of rotatable bonds is 12. The van der Waals surface area contributed by atoms with Gasteiger partial charge in [-0.2, -0.15) is 0 Å². The Balaban J connectivity index is 2.15. The Morgan fingerprint density at radius 1 is 1.09 bits per heavy atom. The maximum Gasteiger partial charge on any atom is 0.242 e. The predicted molar refractivity (Wildman–Crippen MR) is 132 cm³/mol. The van der Waals surface area contributed by atoms with Crippen LogP contribution in [0.3, 0.4) is 0 Å². The zero-order valence-corrected chi connectivity index (χ0v) is 21.1. The molecule has 2 amide bonds. The molecule has 0 saturated heterocycles. The highest BCUT2D eigenvalue weighted by Crippen LogP contribution is 2.23. The third-order valence-electron chi connectivity index (χ3n) is 5.52. The number of benzene rings is 2. The van der Waals surface area contributed by atoms with Crippen LogP contribution in [0.15, 0.2) is 48.5 Å². The van der Waals surface area contributed by atoms with Crippen molar-refractivity contribution in [2.45, 2.75) is 52.6 Å². The number of anilines is 1. The van der Waals surface area contributed by atoms with Crippen LogP contribution < -0.4 is 9.62 Å². The fourth-order valence-corrected chi connectivity index (χ4v) is 4.61. The molecule has 2 aromatic rings. The molecule has 1 N–H and O–H groups in total. The van der Waals surface area contributed by atoms with Crippen LogP contribution in [0, 0.1) is 12.7 Å². The van der Waals surface area contributed by atoms with Crippen molar-refractivity contribution in [3.8, 4) is 0 Å². The molecule has 0 saturated carbocycles. The van der Waals surface area contributed by atoms with Crippen LogP contribution in [-0.4, -0.2) is 50.5 Å². The number of amides is 2. The van der Waals surface area contributed by atoms with Crippen LogP contribution in [0.4, 0.5) is 10.1 Å². The van der Waals surface area contributed by atoms with E-state index in [1.54, 1.807) is 31.2 Å². The van der Waals surface area contributed by atoms with Crippen LogP contribution in [0.1, 0.15) is 44.2 Å². The van der Waals surface area contributed by atoms with E-state index in [9.17, 15) is 22.4 Å². The summed E-state index contributed by atoms with van der Waals surface area (Å²) in [5.41, 5.74) is 2.09. The summed E-state index contributed by atoms with van der Waals surface area (Å²) in [6.45, 7) is 6.21. The zero-order chi connectivity index (χ0) is 25.3. The van der Waals surface area contributed by atoms with E-state index in [1.807, 2.05) is 26.0 Å². The number of carbonyl (C=O) groups excluding carboxylic acids is 2. The Bertz CT molecular complexity index is 1070. The van der Waals surface area contributed by atoms with Gasteiger partial charge in [0.2, 0.25) is 21.8 Å². The number of nitrogens with zero attached hydrogens (tertiary/aromatic N) is 2. The molecule has 186 valence electrons. The van der Waals surface area contributed by atoms with E-state index in [4.69, 9.17) is 0 Å². The molecule has 0 unspecified atom stereocenters. The van der Waals surface area contributed by atoms with Crippen LogP contribution in [0.25, 0.3) is 0 Å². The van der Waals surface area contributed by atoms with Crippen molar-refractivity contribution in [2.24, 2.45) is 0 Å². The number of sulfonamides is 1. The van der Waals surface area contributed by atoms with Gasteiger partial charge in [0.05, 0.1) is 11.9 Å². The Labute approximate surface area is 202 Å². The van der Waals surface area contributed by atoms with Gasteiger partial charge in [0.15, 0.2) is 0 Å². The normalized spacial score (nSPS) is 12.1. The summed E-state index contributed by atoms with van der Waals surface area (Å²) >= 11 is 0. The number of hydrogen-bond acceptors (Lipinski definition) is 4. The van der Waals surface area contributed by atoms with Gasteiger partial charge >= 0.3 is 0 Å². The third-order valence-corrected chi connectivity index (χ3v) is 6.70. The quantitative estimate of drug-likeness (QED) is 0.491. The second kappa shape index (κ2) is 12.5. The molecular formula is C25H34FN3O4S. The topological polar surface area (TPSA) is 86.8 Å². The van der Waals surface area contributed by atoms with Crippen LogP contribution >= 0.6 is 0 Å². The molecule has 0 aliphatic heterocycles. The molecule has 0 bridgehead atoms. The van der Waals surface area contributed by atoms with E-state index >= 15 is 0 Å². The third kappa shape index (κ3) is 7.83. The van der Waals surface area contributed by atoms with Crippen molar-refractivity contribution in [1.29, 1.82) is 0 Å². The molecule has 0 spiro atoms. The highest BCUT2D eigenvalue weighted by Gasteiger charge is 2.26. The number of halogens is 1. The first-order chi connectivity index (χ1) is 16.0. The summed E-state index contributed by atoms with van der Waals surface area (Å²) in [5.74, 6) is -0.927. The summed E-state index contributed by atoms with van der Waals surface area (Å²) in [5, 5.41) is 2.80. The minimum absolute atomic E-state index is 0.0600. The lowest BCUT2D eigenvalue weighted by molar-refractivity contribution is -0.140. The average molecular weight is 492 g/mol. The Morgan fingerprint density at radius 2 is 1.74 bits per heavy atom. The highest BCUT2D eigenvalue weighted by molar-refractivity contribution is 7.92. The summed E-state index contributed by atoms with van der Waals surface area (Å²) in [6, 6.07) is 12.2. The fourth-order valence-electron chi connectivity index (χ4n) is 3.59. The van der Waals surface area contributed by atoms with E-state index in [2.05, 4.69) is 5.32 Å². The molecule has 7 nitrogen and oxygen atoms in total. The van der Waals surface area contributed by atoms with Gasteiger partial charge in [0, 0.05) is 26.1 Å². The van der Waals surface area contributed by atoms with E-state index in [-0.39, 0.29) is 43.6 Å². The Morgan fingerprint density at radius 3 is 2.32 bits per heavy atom. The number of aryl methyl sites for hydroxylation is 1. The van der Waals surface area contributed by atoms with Crippen molar-refractivity contribution in [2.75, 3.05) is 23.7 Å². The Kier molecular flexibility index (Phi) is 10.0. The molecule has 0 aromatic heterocycles. The first-order valence-corrected chi connectivity index (χ1v) is 13.2. The van der Waals surface area contributed by atoms with Gasteiger partial charge in [-0.05, 0) is 56.0 Å². The first-order valence-electron chi connectivity index (χ1n) is 11.4. The molecule has 0 aliphatic rings. The maximum absolute atomic E-state index is 13.3. The molecule has 1 atom stereocenters. The van der Waals surface area contributed by atoms with Gasteiger partial charge in [0.1, 0.15) is 11.9 Å². The largest absolute Gasteiger partial charge is 0.354 e. The SMILES string of the molecule is CCCNC(=O)[C@@H](C)N(Cc1ccc(F)cc1)C(=O)CCCN(c1ccccc1C)S(C)(=O)=O. The van der Waals surface area contributed by atoms with E-state index < -0.39 is 16.1 Å². The molecule has 0 fully saturated rings. The van der Waals surface area contributed by atoms with Crippen LogP contribution in [-0.2, 0) is 26.2 Å². The average Bonchev–Trinajstić information content (AvgIpc) is 2.79. The van der Waals surface area contributed by atoms with Crippen LogP contribution in [0.5, 0.6) is 0 Å². The number of para-hydroxylation sites is 1. The summed E-state index contributed by atoms with van der Waals surface area (Å²) in [6.07, 6.45) is 2.25. The van der Waals surface area contributed by atoms with Crippen molar-refractivity contribution < 1.29 is 22.4 Å². The first kappa shape index (κ1) is 27.3. The van der Waals surface area contributed by atoms with Gasteiger partial charge in [-0.25, -0.2) is 12.8 Å². The molecule has 2 aromatic carbocycles. The smallest absolute Gasteiger partial charge is 0.242 e. The lowest BCUT2D eigenvalue weighted by Gasteiger charge is -2.29. The van der Waals surface area contributed by atoms with Crippen molar-refractivity contribution in [3.05, 3.63) is 65.5 Å². The lowest BCUT2D eigenvalue weighted by atomic mass is 10.1. The van der Waals surface area contributed by atoms with Gasteiger partial charge in [-0.3, -0.25) is 13.9 Å². The maximum atomic E-state index is 13.3. The van der Waals surface area contributed by atoms with E-state index in [1.165, 1.54) is 21.3 Å². The van der Waals surface area contributed by atoms with E-state index in [0.717, 1.165) is 18.2 Å². The number of hydrogen-bond donors (Lipinski definition) is 1. The molecular weight excluding hydrogens is 457 g/mol. The fraction of sp³-hybridized carbons (Fsp3) is 0.440. The monoisotopic (exact) mass is 491 g/mol. The molecule has 9 heteroatoms. The zero-order valence-electron chi connectivity index (χ0n) is 20.3. The van der Waals surface area contributed by atoms with Crippen molar-refractivity contribution in [3.63, 3.8) is 0 Å². The van der Waals surface area contributed by atoms with Gasteiger partial charge in [-0.1, -0.05) is 37.3 Å². The molecule has 0 aliphatic carbocycles. The second-order valence-corrected chi connectivity index (χ2v) is 10.2. The van der Waals surface area contributed by atoms with Crippen molar-refractivity contribution >= 4 is 27.5 Å². The highest BCUT2D eigenvalue weighted by atomic mass is 32.2. The molecule has 34 heavy (non-hydrogen) atoms. The molecule has 0 radical (unpaired) electrons. The second-order valence-electron chi connectivity index (χ2n) is 8.34. The van der Waals surface area contributed by atoms with Gasteiger partial charge in [-0.15, -0.1) is 0 Å².